The lowest BCUT2D eigenvalue weighted by molar-refractivity contribution is -0.0186. The average molecular weight is 280 g/mol. The van der Waals surface area contributed by atoms with Gasteiger partial charge in [-0.25, -0.2) is 9.78 Å². The summed E-state index contributed by atoms with van der Waals surface area (Å²) in [6.45, 7) is 2.44. The van der Waals surface area contributed by atoms with Gasteiger partial charge in [0.25, 0.3) is 5.91 Å². The Morgan fingerprint density at radius 3 is 2.85 bits per heavy atom. The Hall–Kier alpha value is -1.99. The second-order valence-corrected chi connectivity index (χ2v) is 4.54. The van der Waals surface area contributed by atoms with Crippen molar-refractivity contribution in [3.8, 4) is 0 Å². The molecule has 0 aromatic carbocycles. The summed E-state index contributed by atoms with van der Waals surface area (Å²) in [6, 6.07) is 2.37. The lowest BCUT2D eigenvalue weighted by Crippen LogP contribution is -2.50. The van der Waals surface area contributed by atoms with Crippen LogP contribution in [0.4, 0.5) is 0 Å². The maximum atomic E-state index is 12.4. The van der Waals surface area contributed by atoms with Crippen LogP contribution in [0.15, 0.2) is 12.1 Å². The van der Waals surface area contributed by atoms with E-state index in [0.717, 1.165) is 0 Å². The molecule has 7 heteroatoms. The van der Waals surface area contributed by atoms with Gasteiger partial charge in [0.2, 0.25) is 0 Å². The third-order valence-electron chi connectivity index (χ3n) is 3.23. The van der Waals surface area contributed by atoms with E-state index in [9.17, 15) is 14.7 Å². The highest BCUT2D eigenvalue weighted by molar-refractivity contribution is 5.94. The highest BCUT2D eigenvalue weighted by atomic mass is 16.5. The number of carboxylic acid groups (broad SMARTS) is 1. The number of nitrogens with zero attached hydrogens (tertiary/aromatic N) is 2. The van der Waals surface area contributed by atoms with Gasteiger partial charge in [-0.15, -0.1) is 0 Å². The Bertz CT molecular complexity index is 531. The first-order valence-electron chi connectivity index (χ1n) is 6.25. The molecule has 1 atom stereocenters. The number of aromatic carboxylic acids is 1. The summed E-state index contributed by atoms with van der Waals surface area (Å²) in [7, 11) is 0. The Morgan fingerprint density at radius 2 is 2.25 bits per heavy atom. The van der Waals surface area contributed by atoms with Crippen LogP contribution in [0, 0.1) is 6.92 Å². The number of aryl methyl sites for hydroxylation is 1. The minimum absolute atomic E-state index is 0.0715. The predicted molar refractivity (Wildman–Crippen MR) is 68.7 cm³/mol. The number of carbonyl (C=O) groups is 2. The van der Waals surface area contributed by atoms with Gasteiger partial charge < -0.3 is 19.8 Å². The van der Waals surface area contributed by atoms with Crippen LogP contribution < -0.4 is 0 Å². The molecule has 1 aliphatic rings. The second-order valence-electron chi connectivity index (χ2n) is 4.54. The minimum atomic E-state index is -1.08. The molecule has 2 heterocycles. The number of carboxylic acids is 1. The Kier molecular flexibility index (Phi) is 4.31. The molecule has 0 saturated carbocycles. The molecule has 1 saturated heterocycles. The van der Waals surface area contributed by atoms with E-state index in [1.165, 1.54) is 17.0 Å². The third-order valence-corrected chi connectivity index (χ3v) is 3.23. The number of rotatable bonds is 3. The number of aliphatic hydroxyl groups excluding tert-OH is 1. The van der Waals surface area contributed by atoms with Gasteiger partial charge in [0, 0.05) is 6.54 Å². The molecule has 1 amide bonds. The predicted octanol–water partition coefficient (Wildman–Crippen LogP) is -0.0785. The van der Waals surface area contributed by atoms with Gasteiger partial charge in [0.15, 0.2) is 0 Å². The van der Waals surface area contributed by atoms with Crippen molar-refractivity contribution in [2.75, 3.05) is 26.4 Å². The molecule has 7 nitrogen and oxygen atoms in total. The number of amides is 1. The number of hydrogen-bond acceptors (Lipinski definition) is 5. The number of aromatic nitrogens is 1. The summed E-state index contributed by atoms with van der Waals surface area (Å²) in [6.07, 6.45) is 0. The largest absolute Gasteiger partial charge is 0.478 e. The average Bonchev–Trinajstić information content (AvgIpc) is 2.45. The van der Waals surface area contributed by atoms with Crippen molar-refractivity contribution in [2.45, 2.75) is 13.0 Å². The molecular weight excluding hydrogens is 264 g/mol. The molecule has 0 spiro atoms. The molecular formula is C13H16N2O5. The summed E-state index contributed by atoms with van der Waals surface area (Å²) >= 11 is 0. The summed E-state index contributed by atoms with van der Waals surface area (Å²) in [5.74, 6) is -1.40. The van der Waals surface area contributed by atoms with Crippen LogP contribution >= 0.6 is 0 Å². The Labute approximate surface area is 115 Å². The smallest absolute Gasteiger partial charge is 0.337 e. The molecule has 0 bridgehead atoms. The van der Waals surface area contributed by atoms with Crippen LogP contribution in [0.1, 0.15) is 26.5 Å². The molecule has 2 N–H and O–H groups in total. The maximum absolute atomic E-state index is 12.4. The normalized spacial score (nSPS) is 18.9. The van der Waals surface area contributed by atoms with Gasteiger partial charge in [-0.2, -0.15) is 0 Å². The van der Waals surface area contributed by atoms with Gasteiger partial charge in [-0.3, -0.25) is 4.79 Å². The quantitative estimate of drug-likeness (QED) is 0.803. The van der Waals surface area contributed by atoms with Crippen LogP contribution in [0.2, 0.25) is 0 Å². The van der Waals surface area contributed by atoms with Crippen molar-refractivity contribution in [1.29, 1.82) is 0 Å². The molecule has 0 aliphatic carbocycles. The highest BCUT2D eigenvalue weighted by Crippen LogP contribution is 2.13. The van der Waals surface area contributed by atoms with Crippen molar-refractivity contribution < 1.29 is 24.5 Å². The Balaban J connectivity index is 2.24. The fourth-order valence-corrected chi connectivity index (χ4v) is 2.13. The first kappa shape index (κ1) is 14.4. The van der Waals surface area contributed by atoms with Gasteiger partial charge in [-0.1, -0.05) is 0 Å². The molecule has 1 aromatic heterocycles. The SMILES string of the molecule is Cc1nc(C(=O)N2CCOCC2CO)ccc1C(=O)O. The van der Waals surface area contributed by atoms with Crippen LogP contribution in [0.5, 0.6) is 0 Å². The minimum Gasteiger partial charge on any atom is -0.478 e. The molecule has 1 unspecified atom stereocenters. The number of hydrogen-bond donors (Lipinski definition) is 2. The second kappa shape index (κ2) is 5.98. The Morgan fingerprint density at radius 1 is 1.50 bits per heavy atom. The van der Waals surface area contributed by atoms with E-state index in [0.29, 0.717) is 13.2 Å². The summed E-state index contributed by atoms with van der Waals surface area (Å²) < 4.78 is 5.21. The number of pyridine rings is 1. The zero-order chi connectivity index (χ0) is 14.7. The first-order valence-corrected chi connectivity index (χ1v) is 6.25. The number of aliphatic hydroxyl groups is 1. The highest BCUT2D eigenvalue weighted by Gasteiger charge is 2.28. The standard InChI is InChI=1S/C13H16N2O5/c1-8-10(13(18)19)2-3-11(14-8)12(17)15-4-5-20-7-9(15)6-16/h2-3,9,16H,4-7H2,1H3,(H,18,19). The van der Waals surface area contributed by atoms with E-state index in [-0.39, 0.29) is 36.1 Å². The van der Waals surface area contributed by atoms with Gasteiger partial charge in [0.05, 0.1) is 37.1 Å². The number of carbonyl (C=O) groups excluding carboxylic acids is 1. The zero-order valence-electron chi connectivity index (χ0n) is 11.1. The maximum Gasteiger partial charge on any atom is 0.337 e. The molecule has 2 rings (SSSR count). The van der Waals surface area contributed by atoms with Gasteiger partial charge >= 0.3 is 5.97 Å². The molecule has 1 fully saturated rings. The number of morpholine rings is 1. The summed E-state index contributed by atoms with van der Waals surface area (Å²) in [5.41, 5.74) is 0.534. The molecule has 1 aromatic rings. The fourth-order valence-electron chi connectivity index (χ4n) is 2.13. The van der Waals surface area contributed by atoms with Crippen molar-refractivity contribution in [1.82, 2.24) is 9.88 Å². The van der Waals surface area contributed by atoms with E-state index in [1.807, 2.05) is 0 Å². The monoisotopic (exact) mass is 280 g/mol. The molecule has 108 valence electrons. The summed E-state index contributed by atoms with van der Waals surface area (Å²) in [5, 5.41) is 18.2. The molecule has 0 radical (unpaired) electrons. The molecule has 20 heavy (non-hydrogen) atoms. The van der Waals surface area contributed by atoms with Crippen LogP contribution in [-0.2, 0) is 4.74 Å². The lowest BCUT2D eigenvalue weighted by atomic mass is 10.1. The first-order chi connectivity index (χ1) is 9.54. The third kappa shape index (κ3) is 2.78. The topological polar surface area (TPSA) is 100.0 Å². The van der Waals surface area contributed by atoms with E-state index >= 15 is 0 Å². The van der Waals surface area contributed by atoms with Crippen LogP contribution in [0.3, 0.4) is 0 Å². The van der Waals surface area contributed by atoms with E-state index in [4.69, 9.17) is 9.84 Å². The van der Waals surface area contributed by atoms with Crippen molar-refractivity contribution in [2.24, 2.45) is 0 Å². The van der Waals surface area contributed by atoms with Gasteiger partial charge in [-0.05, 0) is 19.1 Å². The lowest BCUT2D eigenvalue weighted by Gasteiger charge is -2.34. The van der Waals surface area contributed by atoms with Crippen molar-refractivity contribution in [3.63, 3.8) is 0 Å². The van der Waals surface area contributed by atoms with E-state index in [1.54, 1.807) is 6.92 Å². The summed E-state index contributed by atoms with van der Waals surface area (Å²) in [4.78, 5) is 28.8. The van der Waals surface area contributed by atoms with Gasteiger partial charge in [0.1, 0.15) is 5.69 Å². The molecule has 1 aliphatic heterocycles. The zero-order valence-corrected chi connectivity index (χ0v) is 11.1. The fraction of sp³-hybridized carbons (Fsp3) is 0.462. The van der Waals surface area contributed by atoms with Crippen molar-refractivity contribution >= 4 is 11.9 Å². The number of ether oxygens (including phenoxy) is 1. The van der Waals surface area contributed by atoms with Crippen LogP contribution in [0.25, 0.3) is 0 Å². The van der Waals surface area contributed by atoms with E-state index < -0.39 is 12.0 Å². The van der Waals surface area contributed by atoms with Crippen molar-refractivity contribution in [3.05, 3.63) is 29.1 Å². The van der Waals surface area contributed by atoms with Crippen LogP contribution in [-0.4, -0.2) is 64.4 Å². The van der Waals surface area contributed by atoms with E-state index in [2.05, 4.69) is 4.98 Å².